The highest BCUT2D eigenvalue weighted by Gasteiger charge is 2.10. The second-order valence-electron chi connectivity index (χ2n) is 4.63. The minimum absolute atomic E-state index is 0.0117. The van der Waals surface area contributed by atoms with Gasteiger partial charge in [0.05, 0.1) is 6.54 Å². The first-order valence-corrected chi connectivity index (χ1v) is 6.56. The maximum atomic E-state index is 11.6. The fraction of sp³-hybridized carbons (Fsp3) is 0.462. The van der Waals surface area contributed by atoms with Crippen molar-refractivity contribution in [2.45, 2.75) is 26.4 Å². The molecule has 18 heavy (non-hydrogen) atoms. The third kappa shape index (κ3) is 5.25. The molecule has 1 N–H and O–H groups in total. The number of carbonyl (C=O) groups is 1. The van der Waals surface area contributed by atoms with Gasteiger partial charge >= 0.3 is 0 Å². The monoisotopic (exact) mass is 288 g/mol. The Balaban J connectivity index is 2.54. The number of hydrogen-bond acceptors (Lipinski definition) is 2. The average molecular weight is 289 g/mol. The van der Waals surface area contributed by atoms with Crippen molar-refractivity contribution in [3.63, 3.8) is 0 Å². The van der Waals surface area contributed by atoms with Gasteiger partial charge in [-0.3, -0.25) is 9.69 Å². The summed E-state index contributed by atoms with van der Waals surface area (Å²) < 4.78 is 0. The van der Waals surface area contributed by atoms with Gasteiger partial charge in [-0.25, -0.2) is 0 Å². The summed E-state index contributed by atoms with van der Waals surface area (Å²) in [6.45, 7) is 4.83. The minimum atomic E-state index is 0.0117. The highest BCUT2D eigenvalue weighted by atomic mass is 35.5. The fourth-order valence-electron chi connectivity index (χ4n) is 1.61. The molecule has 1 rings (SSSR count). The topological polar surface area (TPSA) is 32.3 Å². The van der Waals surface area contributed by atoms with Gasteiger partial charge in [0.15, 0.2) is 0 Å². The summed E-state index contributed by atoms with van der Waals surface area (Å²) in [7, 11) is 1.88. The number of nitrogens with zero attached hydrogens (tertiary/aromatic N) is 1. The molecule has 0 bridgehead atoms. The average Bonchev–Trinajstić information content (AvgIpc) is 2.20. The van der Waals surface area contributed by atoms with E-state index in [1.165, 1.54) is 0 Å². The third-order valence-electron chi connectivity index (χ3n) is 2.32. The normalized spacial score (nSPS) is 11.1. The molecule has 0 unspecified atom stereocenters. The van der Waals surface area contributed by atoms with Crippen LogP contribution in [0.1, 0.15) is 19.4 Å². The van der Waals surface area contributed by atoms with Gasteiger partial charge in [-0.05, 0) is 38.6 Å². The van der Waals surface area contributed by atoms with Crippen LogP contribution >= 0.6 is 23.2 Å². The molecule has 0 radical (unpaired) electrons. The van der Waals surface area contributed by atoms with Crippen LogP contribution in [0.2, 0.25) is 10.0 Å². The molecular formula is C13H18Cl2N2O. The van der Waals surface area contributed by atoms with Gasteiger partial charge in [0.1, 0.15) is 0 Å². The SMILES string of the molecule is CC(C)NC(=O)CN(C)Cc1ccc(Cl)cc1Cl. The Labute approximate surface area is 118 Å². The fourth-order valence-corrected chi connectivity index (χ4v) is 2.08. The van der Waals surface area contributed by atoms with E-state index in [1.54, 1.807) is 12.1 Å². The highest BCUT2D eigenvalue weighted by molar-refractivity contribution is 6.35. The summed E-state index contributed by atoms with van der Waals surface area (Å²) >= 11 is 11.9. The van der Waals surface area contributed by atoms with Crippen molar-refractivity contribution in [3.05, 3.63) is 33.8 Å². The summed E-state index contributed by atoms with van der Waals surface area (Å²) in [5.41, 5.74) is 0.959. The molecule has 0 saturated heterocycles. The summed E-state index contributed by atoms with van der Waals surface area (Å²) in [6, 6.07) is 5.54. The molecule has 100 valence electrons. The molecule has 0 spiro atoms. The van der Waals surface area contributed by atoms with Crippen LogP contribution in [0.3, 0.4) is 0 Å². The first kappa shape index (κ1) is 15.3. The van der Waals surface area contributed by atoms with Crippen LogP contribution in [-0.4, -0.2) is 30.4 Å². The number of hydrogen-bond donors (Lipinski definition) is 1. The van der Waals surface area contributed by atoms with Gasteiger partial charge in [-0.15, -0.1) is 0 Å². The van der Waals surface area contributed by atoms with Gasteiger partial charge < -0.3 is 5.32 Å². The van der Waals surface area contributed by atoms with Crippen molar-refractivity contribution in [2.24, 2.45) is 0 Å². The number of likely N-dealkylation sites (N-methyl/N-ethyl adjacent to an activating group) is 1. The molecule has 5 heteroatoms. The molecule has 0 fully saturated rings. The van der Waals surface area contributed by atoms with Crippen LogP contribution < -0.4 is 5.32 Å². The summed E-state index contributed by atoms with van der Waals surface area (Å²) in [5.74, 6) is 0.0117. The molecule has 0 aliphatic rings. The van der Waals surface area contributed by atoms with Crippen molar-refractivity contribution in [2.75, 3.05) is 13.6 Å². The summed E-state index contributed by atoms with van der Waals surface area (Å²) in [6.07, 6.45) is 0. The molecule has 1 aromatic carbocycles. The molecule has 0 atom stereocenters. The van der Waals surface area contributed by atoms with Crippen LogP contribution in [0.25, 0.3) is 0 Å². The quantitative estimate of drug-likeness (QED) is 0.904. The molecule has 1 aromatic rings. The van der Waals surface area contributed by atoms with Crippen LogP contribution in [0.5, 0.6) is 0 Å². The van der Waals surface area contributed by atoms with Crippen molar-refractivity contribution in [1.29, 1.82) is 0 Å². The van der Waals surface area contributed by atoms with Crippen molar-refractivity contribution in [1.82, 2.24) is 10.2 Å². The van der Waals surface area contributed by atoms with E-state index in [9.17, 15) is 4.79 Å². The lowest BCUT2D eigenvalue weighted by Gasteiger charge is -2.18. The number of rotatable bonds is 5. The van der Waals surface area contributed by atoms with Crippen LogP contribution in [0.4, 0.5) is 0 Å². The molecule has 1 amide bonds. The predicted molar refractivity (Wildman–Crippen MR) is 76.1 cm³/mol. The van der Waals surface area contributed by atoms with Gasteiger partial charge in [-0.2, -0.15) is 0 Å². The Morgan fingerprint density at radius 1 is 1.39 bits per heavy atom. The first-order chi connectivity index (χ1) is 8.38. The van der Waals surface area contributed by atoms with Gasteiger partial charge in [-0.1, -0.05) is 29.3 Å². The van der Waals surface area contributed by atoms with E-state index >= 15 is 0 Å². The zero-order chi connectivity index (χ0) is 13.7. The molecule has 0 heterocycles. The van der Waals surface area contributed by atoms with E-state index in [4.69, 9.17) is 23.2 Å². The lowest BCUT2D eigenvalue weighted by molar-refractivity contribution is -0.122. The maximum absolute atomic E-state index is 11.6. The number of benzene rings is 1. The molecule has 0 aliphatic heterocycles. The summed E-state index contributed by atoms with van der Waals surface area (Å²) in [4.78, 5) is 13.5. The van der Waals surface area contributed by atoms with Gasteiger partial charge in [0.25, 0.3) is 0 Å². The second-order valence-corrected chi connectivity index (χ2v) is 5.47. The number of halogens is 2. The molecular weight excluding hydrogens is 271 g/mol. The van der Waals surface area contributed by atoms with Crippen molar-refractivity contribution in [3.8, 4) is 0 Å². The van der Waals surface area contributed by atoms with Gasteiger partial charge in [0.2, 0.25) is 5.91 Å². The van der Waals surface area contributed by atoms with E-state index < -0.39 is 0 Å². The van der Waals surface area contributed by atoms with E-state index in [0.29, 0.717) is 23.1 Å². The Kier molecular flexibility index (Phi) is 5.93. The van der Waals surface area contributed by atoms with Crippen LogP contribution in [-0.2, 0) is 11.3 Å². The Morgan fingerprint density at radius 2 is 2.06 bits per heavy atom. The van der Waals surface area contributed by atoms with E-state index in [-0.39, 0.29) is 11.9 Å². The lowest BCUT2D eigenvalue weighted by Crippen LogP contribution is -2.38. The van der Waals surface area contributed by atoms with Crippen molar-refractivity contribution < 1.29 is 4.79 Å². The Hall–Kier alpha value is -0.770. The number of nitrogens with one attached hydrogen (secondary N) is 1. The minimum Gasteiger partial charge on any atom is -0.353 e. The van der Waals surface area contributed by atoms with E-state index in [1.807, 2.05) is 31.9 Å². The van der Waals surface area contributed by atoms with Crippen LogP contribution in [0.15, 0.2) is 18.2 Å². The number of amides is 1. The zero-order valence-corrected chi connectivity index (χ0v) is 12.3. The standard InChI is InChI=1S/C13H18Cl2N2O/c1-9(2)16-13(18)8-17(3)7-10-4-5-11(14)6-12(10)15/h4-6,9H,7-8H2,1-3H3,(H,16,18). The Morgan fingerprint density at radius 3 is 2.61 bits per heavy atom. The molecule has 0 saturated carbocycles. The molecule has 0 aliphatic carbocycles. The largest absolute Gasteiger partial charge is 0.353 e. The molecule has 3 nitrogen and oxygen atoms in total. The lowest BCUT2D eigenvalue weighted by atomic mass is 10.2. The van der Waals surface area contributed by atoms with Crippen LogP contribution in [0, 0.1) is 0 Å². The van der Waals surface area contributed by atoms with E-state index in [0.717, 1.165) is 5.56 Å². The number of carbonyl (C=O) groups excluding carboxylic acids is 1. The van der Waals surface area contributed by atoms with Crippen molar-refractivity contribution >= 4 is 29.1 Å². The predicted octanol–water partition coefficient (Wildman–Crippen LogP) is 2.95. The maximum Gasteiger partial charge on any atom is 0.234 e. The smallest absolute Gasteiger partial charge is 0.234 e. The zero-order valence-electron chi connectivity index (χ0n) is 10.8. The highest BCUT2D eigenvalue weighted by Crippen LogP contribution is 2.21. The van der Waals surface area contributed by atoms with Gasteiger partial charge in [0, 0.05) is 22.6 Å². The third-order valence-corrected chi connectivity index (χ3v) is 2.91. The van der Waals surface area contributed by atoms with E-state index in [2.05, 4.69) is 5.32 Å². The Bertz CT molecular complexity index is 421. The molecule has 0 aromatic heterocycles. The first-order valence-electron chi connectivity index (χ1n) is 5.80. The second kappa shape index (κ2) is 6.98. The summed E-state index contributed by atoms with van der Waals surface area (Å²) in [5, 5.41) is 4.09.